The smallest absolute Gasteiger partial charge is 0.290 e. The maximum atomic E-state index is 12.9. The van der Waals surface area contributed by atoms with Gasteiger partial charge in [-0.15, -0.1) is 0 Å². The summed E-state index contributed by atoms with van der Waals surface area (Å²) in [6.45, 7) is 0.174. The lowest BCUT2D eigenvalue weighted by Gasteiger charge is -2.25. The third kappa shape index (κ3) is 2.99. The highest BCUT2D eigenvalue weighted by Gasteiger charge is 2.45. The molecule has 4 rings (SSSR count). The molecule has 1 N–H and O–H groups in total. The Morgan fingerprint density at radius 2 is 2.04 bits per heavy atom. The molecule has 3 aromatic rings. The summed E-state index contributed by atoms with van der Waals surface area (Å²) < 4.78 is 5.17. The van der Waals surface area contributed by atoms with Gasteiger partial charge in [0.25, 0.3) is 5.91 Å². The number of aromatic nitrogens is 2. The largest absolute Gasteiger partial charge is 0.503 e. The molecule has 27 heavy (non-hydrogen) atoms. The lowest BCUT2D eigenvalue weighted by Crippen LogP contribution is -2.31. The first-order chi connectivity index (χ1) is 13.2. The van der Waals surface area contributed by atoms with Crippen molar-refractivity contribution in [2.24, 2.45) is 0 Å². The first-order valence-corrected chi connectivity index (χ1v) is 8.29. The van der Waals surface area contributed by atoms with Gasteiger partial charge in [0.1, 0.15) is 6.04 Å². The minimum Gasteiger partial charge on any atom is -0.503 e. The number of hydrogen-bond acceptors (Lipinski definition) is 6. The fourth-order valence-corrected chi connectivity index (χ4v) is 3.12. The van der Waals surface area contributed by atoms with Gasteiger partial charge in [0.2, 0.25) is 5.78 Å². The van der Waals surface area contributed by atoms with E-state index in [0.29, 0.717) is 5.69 Å². The number of aliphatic hydroxyl groups is 1. The summed E-state index contributed by atoms with van der Waals surface area (Å²) in [7, 11) is 0. The van der Waals surface area contributed by atoms with E-state index in [1.54, 1.807) is 48.9 Å². The minimum absolute atomic E-state index is 0.0439. The van der Waals surface area contributed by atoms with Crippen molar-refractivity contribution >= 4 is 11.7 Å². The number of amides is 1. The molecular weight excluding hydrogens is 346 g/mol. The van der Waals surface area contributed by atoms with Crippen molar-refractivity contribution in [3.63, 3.8) is 0 Å². The van der Waals surface area contributed by atoms with Crippen LogP contribution in [0.3, 0.4) is 0 Å². The normalized spacial score (nSPS) is 16.8. The predicted octanol–water partition coefficient (Wildman–Crippen LogP) is 2.85. The fourth-order valence-electron chi connectivity index (χ4n) is 3.12. The maximum absolute atomic E-state index is 12.9. The van der Waals surface area contributed by atoms with Crippen LogP contribution in [0.2, 0.25) is 0 Å². The number of pyridine rings is 2. The first-order valence-electron chi connectivity index (χ1n) is 8.29. The molecule has 0 spiro atoms. The summed E-state index contributed by atoms with van der Waals surface area (Å²) in [4.78, 5) is 35.4. The summed E-state index contributed by atoms with van der Waals surface area (Å²) in [5, 5.41) is 10.5. The molecule has 1 atom stereocenters. The van der Waals surface area contributed by atoms with E-state index in [0.717, 1.165) is 5.56 Å². The Balaban J connectivity index is 1.79. The highest BCUT2D eigenvalue weighted by Crippen LogP contribution is 2.39. The zero-order chi connectivity index (χ0) is 18.8. The molecule has 4 heterocycles. The molecule has 0 radical (unpaired) electrons. The molecule has 0 aliphatic carbocycles. The summed E-state index contributed by atoms with van der Waals surface area (Å²) in [5.74, 6) is -1.72. The summed E-state index contributed by atoms with van der Waals surface area (Å²) in [5.41, 5.74) is 1.21. The van der Waals surface area contributed by atoms with E-state index in [1.165, 1.54) is 17.2 Å². The van der Waals surface area contributed by atoms with Crippen molar-refractivity contribution < 1.29 is 19.1 Å². The number of hydrogen-bond donors (Lipinski definition) is 1. The van der Waals surface area contributed by atoms with E-state index in [1.807, 2.05) is 6.07 Å². The Morgan fingerprint density at radius 1 is 1.15 bits per heavy atom. The van der Waals surface area contributed by atoms with Crippen molar-refractivity contribution in [2.45, 2.75) is 12.6 Å². The molecular formula is C20H15N3O4. The van der Waals surface area contributed by atoms with E-state index in [-0.39, 0.29) is 17.9 Å². The number of ketones is 1. The highest BCUT2D eigenvalue weighted by molar-refractivity contribution is 6.14. The van der Waals surface area contributed by atoms with E-state index in [4.69, 9.17) is 4.42 Å². The molecule has 3 aromatic heterocycles. The monoisotopic (exact) mass is 361 g/mol. The molecule has 7 nitrogen and oxygen atoms in total. The second kappa shape index (κ2) is 6.87. The standard InChI is InChI=1S/C20H15N3O4/c24-18(15-7-4-10-27-15)16-17(14-6-1-2-9-22-14)23(20(26)19(16)25)12-13-5-3-8-21-11-13/h1-11,17,25H,12H2. The van der Waals surface area contributed by atoms with Crippen LogP contribution in [0.4, 0.5) is 0 Å². The van der Waals surface area contributed by atoms with Crippen LogP contribution in [-0.2, 0) is 11.3 Å². The molecule has 1 amide bonds. The minimum atomic E-state index is -0.823. The Hall–Kier alpha value is -3.74. The average Bonchev–Trinajstić information content (AvgIpc) is 3.32. The van der Waals surface area contributed by atoms with Crippen molar-refractivity contribution in [3.05, 3.63) is 95.7 Å². The van der Waals surface area contributed by atoms with Gasteiger partial charge in [-0.1, -0.05) is 12.1 Å². The summed E-state index contributed by atoms with van der Waals surface area (Å²) in [6, 6.07) is 11.0. The maximum Gasteiger partial charge on any atom is 0.290 e. The number of Topliss-reactive ketones (excluding diaryl/α,β-unsaturated/α-hetero) is 1. The molecule has 0 saturated heterocycles. The molecule has 7 heteroatoms. The Morgan fingerprint density at radius 3 is 2.70 bits per heavy atom. The van der Waals surface area contributed by atoms with Gasteiger partial charge in [0.05, 0.1) is 17.5 Å². The lowest BCUT2D eigenvalue weighted by molar-refractivity contribution is -0.130. The lowest BCUT2D eigenvalue weighted by atomic mass is 9.98. The van der Waals surface area contributed by atoms with Crippen LogP contribution >= 0.6 is 0 Å². The van der Waals surface area contributed by atoms with Crippen LogP contribution in [0.5, 0.6) is 0 Å². The number of carbonyl (C=O) groups is 2. The summed E-state index contributed by atoms with van der Waals surface area (Å²) >= 11 is 0. The molecule has 0 aromatic carbocycles. The number of rotatable bonds is 5. The van der Waals surface area contributed by atoms with E-state index >= 15 is 0 Å². The van der Waals surface area contributed by atoms with E-state index < -0.39 is 23.5 Å². The topological polar surface area (TPSA) is 96.5 Å². The Kier molecular flexibility index (Phi) is 4.25. The SMILES string of the molecule is O=C(C1=C(O)C(=O)N(Cc2cccnc2)C1c1ccccn1)c1ccco1. The van der Waals surface area contributed by atoms with Crippen molar-refractivity contribution in [1.29, 1.82) is 0 Å². The van der Waals surface area contributed by atoms with Gasteiger partial charge >= 0.3 is 0 Å². The highest BCUT2D eigenvalue weighted by atomic mass is 16.3. The van der Waals surface area contributed by atoms with Crippen molar-refractivity contribution in [3.8, 4) is 0 Å². The Bertz CT molecular complexity index is 998. The number of furan rings is 1. The van der Waals surface area contributed by atoms with Gasteiger partial charge in [0, 0.05) is 25.1 Å². The van der Waals surface area contributed by atoms with Crippen LogP contribution in [0.25, 0.3) is 0 Å². The van der Waals surface area contributed by atoms with Crippen LogP contribution in [0.1, 0.15) is 27.9 Å². The van der Waals surface area contributed by atoms with E-state index in [2.05, 4.69) is 9.97 Å². The van der Waals surface area contributed by atoms with Crippen molar-refractivity contribution in [1.82, 2.24) is 14.9 Å². The fraction of sp³-hybridized carbons (Fsp3) is 0.100. The van der Waals surface area contributed by atoms with Crippen LogP contribution < -0.4 is 0 Å². The first kappa shape index (κ1) is 16.7. The van der Waals surface area contributed by atoms with Crippen LogP contribution in [0.15, 0.2) is 83.1 Å². The number of carbonyl (C=O) groups excluding carboxylic acids is 2. The quantitative estimate of drug-likeness (QED) is 0.702. The van der Waals surface area contributed by atoms with Gasteiger partial charge in [-0.3, -0.25) is 19.6 Å². The summed E-state index contributed by atoms with van der Waals surface area (Å²) in [6.07, 6.45) is 6.20. The van der Waals surface area contributed by atoms with Crippen LogP contribution in [-0.4, -0.2) is 31.7 Å². The molecule has 134 valence electrons. The second-order valence-corrected chi connectivity index (χ2v) is 6.02. The molecule has 1 aliphatic heterocycles. The Labute approximate surface area is 154 Å². The van der Waals surface area contributed by atoms with E-state index in [9.17, 15) is 14.7 Å². The average molecular weight is 361 g/mol. The third-order valence-electron chi connectivity index (χ3n) is 4.34. The predicted molar refractivity (Wildman–Crippen MR) is 94.5 cm³/mol. The van der Waals surface area contributed by atoms with Crippen molar-refractivity contribution in [2.75, 3.05) is 0 Å². The van der Waals surface area contributed by atoms with Crippen LogP contribution in [0, 0.1) is 0 Å². The van der Waals surface area contributed by atoms with Gasteiger partial charge < -0.3 is 14.4 Å². The van der Waals surface area contributed by atoms with Gasteiger partial charge in [-0.2, -0.15) is 0 Å². The molecule has 1 unspecified atom stereocenters. The third-order valence-corrected chi connectivity index (χ3v) is 4.34. The zero-order valence-corrected chi connectivity index (χ0v) is 14.1. The zero-order valence-electron chi connectivity index (χ0n) is 14.1. The second-order valence-electron chi connectivity index (χ2n) is 6.02. The molecule has 1 aliphatic rings. The number of aliphatic hydroxyl groups excluding tert-OH is 1. The molecule has 0 bridgehead atoms. The molecule has 0 saturated carbocycles. The van der Waals surface area contributed by atoms with Gasteiger partial charge in [0.15, 0.2) is 11.5 Å². The number of nitrogens with zero attached hydrogens (tertiary/aromatic N) is 3. The van der Waals surface area contributed by atoms with Gasteiger partial charge in [-0.05, 0) is 35.9 Å². The molecule has 0 fully saturated rings. The van der Waals surface area contributed by atoms with Gasteiger partial charge in [-0.25, -0.2) is 0 Å².